The molecule has 1 saturated heterocycles. The summed E-state index contributed by atoms with van der Waals surface area (Å²) >= 11 is 1.45. The molecule has 2 aliphatic rings. The molecule has 2 aliphatic heterocycles. The van der Waals surface area contributed by atoms with Gasteiger partial charge < -0.3 is 33.6 Å². The molecule has 1 fully saturated rings. The number of nitrogens with zero attached hydrogens (tertiary/aromatic N) is 3. The number of amides is 1. The number of carbonyl (C=O) groups is 1. The minimum absolute atomic E-state index is 0.217. The van der Waals surface area contributed by atoms with E-state index < -0.39 is 0 Å². The number of carbonyl (C=O) groups excluding carboxylic acids is 1. The Labute approximate surface area is 206 Å². The third kappa shape index (κ3) is 5.87. The highest BCUT2D eigenvalue weighted by Gasteiger charge is 2.17. The van der Waals surface area contributed by atoms with Crippen molar-refractivity contribution in [2.75, 3.05) is 45.1 Å². The Morgan fingerprint density at radius 3 is 2.83 bits per heavy atom. The summed E-state index contributed by atoms with van der Waals surface area (Å²) in [4.78, 5) is 24.0. The van der Waals surface area contributed by atoms with Crippen molar-refractivity contribution in [2.45, 2.75) is 24.1 Å². The zero-order chi connectivity index (χ0) is 24.0. The summed E-state index contributed by atoms with van der Waals surface area (Å²) < 4.78 is 27.2. The first-order valence-electron chi connectivity index (χ1n) is 11.3. The maximum absolute atomic E-state index is 12.6. The fourth-order valence-electron chi connectivity index (χ4n) is 3.73. The van der Waals surface area contributed by atoms with Crippen LogP contribution in [-0.4, -0.2) is 56.1 Å². The molecule has 184 valence electrons. The fourth-order valence-corrected chi connectivity index (χ4v) is 4.50. The molecule has 1 amide bonds. The number of fused-ring (bicyclic) bond motifs is 1. The van der Waals surface area contributed by atoms with Crippen LogP contribution in [0.25, 0.3) is 0 Å². The van der Waals surface area contributed by atoms with Gasteiger partial charge in [-0.3, -0.25) is 4.79 Å². The standard InChI is InChI=1S/C24H26N4O6S/c1-30-13-17-11-22(28-6-8-31-9-7-28)27-24(26-17)35-14-18-3-5-20(34-18)23(29)25-12-16-2-4-19-21(10-16)33-15-32-19/h2-5,10-11H,6-9,12-15H2,1H3,(H,25,29). The monoisotopic (exact) mass is 498 g/mol. The molecule has 2 aromatic heterocycles. The van der Waals surface area contributed by atoms with E-state index in [0.29, 0.717) is 54.5 Å². The number of thioether (sulfide) groups is 1. The van der Waals surface area contributed by atoms with Crippen molar-refractivity contribution >= 4 is 23.5 Å². The van der Waals surface area contributed by atoms with Crippen molar-refractivity contribution in [3.05, 3.63) is 59.2 Å². The summed E-state index contributed by atoms with van der Waals surface area (Å²) in [5.41, 5.74) is 1.73. The molecule has 0 unspecified atom stereocenters. The number of rotatable bonds is 9. The van der Waals surface area contributed by atoms with Crippen molar-refractivity contribution in [2.24, 2.45) is 0 Å². The third-order valence-corrected chi connectivity index (χ3v) is 6.36. The lowest BCUT2D eigenvalue weighted by Gasteiger charge is -2.28. The Balaban J connectivity index is 1.18. The quantitative estimate of drug-likeness (QED) is 0.349. The zero-order valence-corrected chi connectivity index (χ0v) is 20.1. The molecule has 5 rings (SSSR count). The molecule has 0 aliphatic carbocycles. The number of hydrogen-bond acceptors (Lipinski definition) is 10. The highest BCUT2D eigenvalue weighted by molar-refractivity contribution is 7.98. The molecule has 35 heavy (non-hydrogen) atoms. The van der Waals surface area contributed by atoms with E-state index in [9.17, 15) is 4.79 Å². The number of hydrogen-bond donors (Lipinski definition) is 1. The number of aromatic nitrogens is 2. The summed E-state index contributed by atoms with van der Waals surface area (Å²) in [5.74, 6) is 3.38. The number of ether oxygens (including phenoxy) is 4. The van der Waals surface area contributed by atoms with Gasteiger partial charge in [0, 0.05) is 32.8 Å². The van der Waals surface area contributed by atoms with Gasteiger partial charge in [0.2, 0.25) is 6.79 Å². The molecule has 11 heteroatoms. The van der Waals surface area contributed by atoms with Crippen LogP contribution in [0.2, 0.25) is 0 Å². The lowest BCUT2D eigenvalue weighted by atomic mass is 10.2. The molecule has 3 aromatic rings. The molecule has 10 nitrogen and oxygen atoms in total. The van der Waals surface area contributed by atoms with Gasteiger partial charge in [0.05, 0.1) is 31.3 Å². The normalized spacial score (nSPS) is 14.8. The molecule has 0 bridgehead atoms. The van der Waals surface area contributed by atoms with Gasteiger partial charge in [-0.2, -0.15) is 0 Å². The number of furan rings is 1. The second-order valence-electron chi connectivity index (χ2n) is 7.96. The summed E-state index contributed by atoms with van der Waals surface area (Å²) in [7, 11) is 1.64. The highest BCUT2D eigenvalue weighted by atomic mass is 32.2. The van der Waals surface area contributed by atoms with Crippen LogP contribution in [0.5, 0.6) is 11.5 Å². The smallest absolute Gasteiger partial charge is 0.287 e. The number of morpholine rings is 1. The van der Waals surface area contributed by atoms with Crippen LogP contribution in [-0.2, 0) is 28.4 Å². The van der Waals surface area contributed by atoms with E-state index in [1.54, 1.807) is 19.2 Å². The summed E-state index contributed by atoms with van der Waals surface area (Å²) in [6.45, 7) is 3.91. The van der Waals surface area contributed by atoms with E-state index in [4.69, 9.17) is 28.3 Å². The van der Waals surface area contributed by atoms with E-state index in [-0.39, 0.29) is 18.5 Å². The van der Waals surface area contributed by atoms with E-state index in [1.807, 2.05) is 24.3 Å². The first kappa shape index (κ1) is 23.5. The summed E-state index contributed by atoms with van der Waals surface area (Å²) in [6, 6.07) is 11.0. The second kappa shape index (κ2) is 11.0. The van der Waals surface area contributed by atoms with Crippen molar-refractivity contribution < 1.29 is 28.2 Å². The number of nitrogens with one attached hydrogen (secondary N) is 1. The van der Waals surface area contributed by atoms with Gasteiger partial charge >= 0.3 is 0 Å². The topological polar surface area (TPSA) is 108 Å². The summed E-state index contributed by atoms with van der Waals surface area (Å²) in [5, 5.41) is 3.50. The first-order valence-corrected chi connectivity index (χ1v) is 12.2. The Hall–Kier alpha value is -3.28. The zero-order valence-electron chi connectivity index (χ0n) is 19.3. The second-order valence-corrected chi connectivity index (χ2v) is 8.90. The Morgan fingerprint density at radius 2 is 1.97 bits per heavy atom. The Morgan fingerprint density at radius 1 is 1.11 bits per heavy atom. The molecule has 0 atom stereocenters. The van der Waals surface area contributed by atoms with Crippen LogP contribution in [0.4, 0.5) is 5.82 Å². The van der Waals surface area contributed by atoms with Crippen LogP contribution in [0, 0.1) is 0 Å². The van der Waals surface area contributed by atoms with Gasteiger partial charge in [-0.25, -0.2) is 9.97 Å². The van der Waals surface area contributed by atoms with Crippen LogP contribution >= 0.6 is 11.8 Å². The van der Waals surface area contributed by atoms with E-state index in [0.717, 1.165) is 30.2 Å². The van der Waals surface area contributed by atoms with E-state index >= 15 is 0 Å². The van der Waals surface area contributed by atoms with Gasteiger partial charge in [0.1, 0.15) is 11.6 Å². The van der Waals surface area contributed by atoms with Gasteiger partial charge in [-0.05, 0) is 29.8 Å². The molecule has 1 aromatic carbocycles. The third-order valence-electron chi connectivity index (χ3n) is 5.49. The maximum atomic E-state index is 12.6. The fraction of sp³-hybridized carbons (Fsp3) is 0.375. The molecule has 0 spiro atoms. The number of benzene rings is 1. The first-order chi connectivity index (χ1) is 17.2. The largest absolute Gasteiger partial charge is 0.455 e. The van der Waals surface area contributed by atoms with Gasteiger partial charge in [-0.15, -0.1) is 0 Å². The molecular formula is C24H26N4O6S. The molecule has 0 saturated carbocycles. The predicted molar refractivity (Wildman–Crippen MR) is 128 cm³/mol. The number of anilines is 1. The van der Waals surface area contributed by atoms with Gasteiger partial charge in [0.25, 0.3) is 5.91 Å². The molecular weight excluding hydrogens is 472 g/mol. The van der Waals surface area contributed by atoms with Gasteiger partial charge in [0.15, 0.2) is 22.4 Å². The van der Waals surface area contributed by atoms with Crippen molar-refractivity contribution in [3.8, 4) is 11.5 Å². The highest BCUT2D eigenvalue weighted by Crippen LogP contribution is 2.32. The SMILES string of the molecule is COCc1cc(N2CCOCC2)nc(SCc2ccc(C(=O)NCc3ccc4c(c3)OCO4)o2)n1. The predicted octanol–water partition coefficient (Wildman–Crippen LogP) is 3.00. The molecule has 0 radical (unpaired) electrons. The van der Waals surface area contributed by atoms with Crippen LogP contribution in [0.1, 0.15) is 27.6 Å². The summed E-state index contributed by atoms with van der Waals surface area (Å²) in [6.07, 6.45) is 0. The average Bonchev–Trinajstić information content (AvgIpc) is 3.56. The average molecular weight is 499 g/mol. The van der Waals surface area contributed by atoms with Crippen LogP contribution < -0.4 is 19.7 Å². The van der Waals surface area contributed by atoms with E-state index in [1.165, 1.54) is 11.8 Å². The number of methoxy groups -OCH3 is 1. The van der Waals surface area contributed by atoms with Crippen LogP contribution in [0.15, 0.2) is 46.0 Å². The maximum Gasteiger partial charge on any atom is 0.287 e. The molecule has 4 heterocycles. The van der Waals surface area contributed by atoms with Crippen molar-refractivity contribution in [1.29, 1.82) is 0 Å². The Bertz CT molecular complexity index is 1180. The van der Waals surface area contributed by atoms with Gasteiger partial charge in [-0.1, -0.05) is 17.8 Å². The minimum atomic E-state index is -0.285. The van der Waals surface area contributed by atoms with E-state index in [2.05, 4.69) is 15.2 Å². The Kier molecular flexibility index (Phi) is 7.36. The molecule has 1 N–H and O–H groups in total. The van der Waals surface area contributed by atoms with Crippen molar-refractivity contribution in [3.63, 3.8) is 0 Å². The van der Waals surface area contributed by atoms with Crippen LogP contribution in [0.3, 0.4) is 0 Å². The lowest BCUT2D eigenvalue weighted by Crippen LogP contribution is -2.37. The minimum Gasteiger partial charge on any atom is -0.455 e. The van der Waals surface area contributed by atoms with Crippen molar-refractivity contribution in [1.82, 2.24) is 15.3 Å². The lowest BCUT2D eigenvalue weighted by molar-refractivity contribution is 0.0921.